The Morgan fingerprint density at radius 3 is 2.29 bits per heavy atom. The molecule has 0 aliphatic carbocycles. The predicted octanol–water partition coefficient (Wildman–Crippen LogP) is 3.11. The first-order chi connectivity index (χ1) is 13.3. The summed E-state index contributed by atoms with van der Waals surface area (Å²) >= 11 is 11.8. The van der Waals surface area contributed by atoms with E-state index in [9.17, 15) is 14.4 Å². The summed E-state index contributed by atoms with van der Waals surface area (Å²) in [6, 6.07) is 11.6. The number of rotatable bonds is 5. The smallest absolute Gasteiger partial charge is 0.328 e. The molecule has 1 unspecified atom stereocenters. The molecule has 0 saturated carbocycles. The van der Waals surface area contributed by atoms with Crippen LogP contribution in [0, 0.1) is 0 Å². The van der Waals surface area contributed by atoms with E-state index in [4.69, 9.17) is 27.9 Å². The maximum Gasteiger partial charge on any atom is 0.328 e. The van der Waals surface area contributed by atoms with Gasteiger partial charge < -0.3 is 10.1 Å². The van der Waals surface area contributed by atoms with Crippen LogP contribution < -0.4 is 20.9 Å². The highest BCUT2D eigenvalue weighted by molar-refractivity contribution is 6.39. The molecule has 0 aromatic heterocycles. The summed E-state index contributed by atoms with van der Waals surface area (Å²) in [4.78, 5) is 35.7. The van der Waals surface area contributed by atoms with Crippen LogP contribution in [-0.2, 0) is 20.8 Å². The molecular weight excluding hydrogens is 405 g/mol. The second-order valence-corrected chi connectivity index (χ2v) is 6.63. The molecule has 9 heteroatoms. The quantitative estimate of drug-likeness (QED) is 0.508. The van der Waals surface area contributed by atoms with Crippen molar-refractivity contribution < 1.29 is 19.1 Å². The molecule has 3 amide bonds. The van der Waals surface area contributed by atoms with Crippen molar-refractivity contribution in [3.8, 4) is 5.75 Å². The van der Waals surface area contributed by atoms with Crippen molar-refractivity contribution in [3.63, 3.8) is 0 Å². The van der Waals surface area contributed by atoms with Gasteiger partial charge in [0.2, 0.25) is 0 Å². The van der Waals surface area contributed by atoms with Crippen LogP contribution in [0.15, 0.2) is 42.5 Å². The molecule has 148 valence electrons. The topological polar surface area (TPSA) is 96.5 Å². The lowest BCUT2D eigenvalue weighted by atomic mass is 10.1. The number of amides is 3. The SMILES string of the molecule is CCc1ccc(NC(=O)C(=O)NNC(=O)C(C)Oc2ccc(Cl)cc2Cl)cc1. The molecule has 0 bridgehead atoms. The van der Waals surface area contributed by atoms with Crippen molar-refractivity contribution in [2.75, 3.05) is 5.32 Å². The number of hydrazine groups is 1. The minimum absolute atomic E-state index is 0.240. The molecule has 0 aliphatic heterocycles. The van der Waals surface area contributed by atoms with Gasteiger partial charge in [0.1, 0.15) is 5.75 Å². The number of ether oxygens (including phenoxy) is 1. The molecule has 0 spiro atoms. The molecule has 0 aliphatic rings. The highest BCUT2D eigenvalue weighted by Crippen LogP contribution is 2.28. The lowest BCUT2D eigenvalue weighted by Crippen LogP contribution is -2.50. The van der Waals surface area contributed by atoms with Crippen LogP contribution in [0.25, 0.3) is 0 Å². The Kier molecular flexibility index (Phi) is 7.66. The van der Waals surface area contributed by atoms with E-state index in [1.54, 1.807) is 18.2 Å². The minimum Gasteiger partial charge on any atom is -0.479 e. The number of anilines is 1. The highest BCUT2D eigenvalue weighted by atomic mass is 35.5. The van der Waals surface area contributed by atoms with Gasteiger partial charge in [0.15, 0.2) is 6.10 Å². The zero-order chi connectivity index (χ0) is 20.7. The van der Waals surface area contributed by atoms with Gasteiger partial charge >= 0.3 is 11.8 Å². The van der Waals surface area contributed by atoms with Gasteiger partial charge in [0.25, 0.3) is 5.91 Å². The summed E-state index contributed by atoms with van der Waals surface area (Å²) in [6.45, 7) is 3.47. The van der Waals surface area contributed by atoms with Gasteiger partial charge in [-0.05, 0) is 49.2 Å². The zero-order valence-electron chi connectivity index (χ0n) is 15.2. The summed E-state index contributed by atoms with van der Waals surface area (Å²) in [6.07, 6.45) is -0.119. The van der Waals surface area contributed by atoms with E-state index in [2.05, 4.69) is 10.7 Å². The lowest BCUT2D eigenvalue weighted by Gasteiger charge is -2.16. The maximum absolute atomic E-state index is 12.0. The van der Waals surface area contributed by atoms with Gasteiger partial charge in [-0.25, -0.2) is 0 Å². The molecular formula is C19H19Cl2N3O4. The minimum atomic E-state index is -1.02. The van der Waals surface area contributed by atoms with Crippen molar-refractivity contribution in [3.05, 3.63) is 58.1 Å². The average Bonchev–Trinajstić information content (AvgIpc) is 2.68. The van der Waals surface area contributed by atoms with Crippen LogP contribution in [0.5, 0.6) is 5.75 Å². The molecule has 1 atom stereocenters. The lowest BCUT2D eigenvalue weighted by molar-refractivity contribution is -0.139. The van der Waals surface area contributed by atoms with Crippen molar-refractivity contribution in [2.24, 2.45) is 0 Å². The molecule has 28 heavy (non-hydrogen) atoms. The highest BCUT2D eigenvalue weighted by Gasteiger charge is 2.19. The van der Waals surface area contributed by atoms with Gasteiger partial charge in [0.05, 0.1) is 5.02 Å². The molecule has 7 nitrogen and oxygen atoms in total. The number of carbonyl (C=O) groups is 3. The Balaban J connectivity index is 1.83. The van der Waals surface area contributed by atoms with Crippen molar-refractivity contribution in [1.29, 1.82) is 0 Å². The zero-order valence-corrected chi connectivity index (χ0v) is 16.7. The van der Waals surface area contributed by atoms with E-state index in [1.807, 2.05) is 24.5 Å². The van der Waals surface area contributed by atoms with Crippen LogP contribution in [0.1, 0.15) is 19.4 Å². The van der Waals surface area contributed by atoms with Gasteiger partial charge in [-0.3, -0.25) is 25.2 Å². The van der Waals surface area contributed by atoms with E-state index < -0.39 is 23.8 Å². The fourth-order valence-corrected chi connectivity index (χ4v) is 2.56. The van der Waals surface area contributed by atoms with E-state index >= 15 is 0 Å². The predicted molar refractivity (Wildman–Crippen MR) is 107 cm³/mol. The van der Waals surface area contributed by atoms with E-state index in [-0.39, 0.29) is 10.8 Å². The fourth-order valence-electron chi connectivity index (χ4n) is 2.10. The molecule has 0 saturated heterocycles. The summed E-state index contributed by atoms with van der Waals surface area (Å²) in [5, 5.41) is 3.10. The van der Waals surface area contributed by atoms with Gasteiger partial charge in [-0.15, -0.1) is 0 Å². The van der Waals surface area contributed by atoms with Crippen molar-refractivity contribution in [1.82, 2.24) is 10.9 Å². The Hall–Kier alpha value is -2.77. The fraction of sp³-hybridized carbons (Fsp3) is 0.211. The largest absolute Gasteiger partial charge is 0.479 e. The van der Waals surface area contributed by atoms with Crippen LogP contribution in [0.2, 0.25) is 10.0 Å². The Bertz CT molecular complexity index is 872. The third-order valence-electron chi connectivity index (χ3n) is 3.69. The van der Waals surface area contributed by atoms with E-state index in [0.29, 0.717) is 10.7 Å². The van der Waals surface area contributed by atoms with Gasteiger partial charge in [-0.2, -0.15) is 0 Å². The van der Waals surface area contributed by atoms with Gasteiger partial charge in [-0.1, -0.05) is 42.3 Å². The van der Waals surface area contributed by atoms with Crippen LogP contribution in [0.4, 0.5) is 5.69 Å². The first-order valence-corrected chi connectivity index (χ1v) is 9.17. The van der Waals surface area contributed by atoms with Crippen LogP contribution >= 0.6 is 23.2 Å². The molecule has 2 rings (SSSR count). The molecule has 0 heterocycles. The number of hydrogen-bond acceptors (Lipinski definition) is 4. The van der Waals surface area contributed by atoms with Crippen LogP contribution in [-0.4, -0.2) is 23.8 Å². The molecule has 3 N–H and O–H groups in total. The number of halogens is 2. The normalized spacial score (nSPS) is 11.3. The number of hydrogen-bond donors (Lipinski definition) is 3. The summed E-state index contributed by atoms with van der Waals surface area (Å²) in [5.41, 5.74) is 5.73. The molecule has 0 fully saturated rings. The second-order valence-electron chi connectivity index (χ2n) is 5.78. The summed E-state index contributed by atoms with van der Waals surface area (Å²) in [5.74, 6) is -2.35. The van der Waals surface area contributed by atoms with Crippen molar-refractivity contribution >= 4 is 46.6 Å². The first kappa shape index (κ1) is 21.5. The Morgan fingerprint density at radius 2 is 1.68 bits per heavy atom. The number of aryl methyl sites for hydroxylation is 1. The van der Waals surface area contributed by atoms with Crippen molar-refractivity contribution in [2.45, 2.75) is 26.4 Å². The van der Waals surface area contributed by atoms with E-state index in [1.165, 1.54) is 19.1 Å². The second kappa shape index (κ2) is 9.96. The molecule has 2 aromatic carbocycles. The number of carbonyl (C=O) groups excluding carboxylic acids is 3. The third kappa shape index (κ3) is 6.14. The monoisotopic (exact) mass is 423 g/mol. The number of benzene rings is 2. The number of nitrogens with one attached hydrogen (secondary N) is 3. The Labute approximate surface area is 172 Å². The third-order valence-corrected chi connectivity index (χ3v) is 4.22. The molecule has 0 radical (unpaired) electrons. The summed E-state index contributed by atoms with van der Waals surface area (Å²) < 4.78 is 5.42. The molecule has 2 aromatic rings. The van der Waals surface area contributed by atoms with Crippen LogP contribution in [0.3, 0.4) is 0 Å². The standard InChI is InChI=1S/C19H19Cl2N3O4/c1-3-12-4-7-14(8-5-12)22-18(26)19(27)24-23-17(25)11(2)28-16-9-6-13(20)10-15(16)21/h4-11H,3H2,1-2H3,(H,22,26)(H,23,25)(H,24,27). The first-order valence-electron chi connectivity index (χ1n) is 8.42. The maximum atomic E-state index is 12.0. The van der Waals surface area contributed by atoms with E-state index in [0.717, 1.165) is 12.0 Å². The van der Waals surface area contributed by atoms with Gasteiger partial charge in [0, 0.05) is 10.7 Å². The summed E-state index contributed by atoms with van der Waals surface area (Å²) in [7, 11) is 0. The average molecular weight is 424 g/mol. The Morgan fingerprint density at radius 1 is 1.00 bits per heavy atom.